The second-order valence-electron chi connectivity index (χ2n) is 22.9. The van der Waals surface area contributed by atoms with E-state index in [9.17, 15) is 29.4 Å². The second kappa shape index (κ2) is 26.9. The van der Waals surface area contributed by atoms with E-state index in [4.69, 9.17) is 61.0 Å². The Morgan fingerprint density at radius 2 is 0.884 bits per heavy atom. The number of ether oxygens (including phenoxy) is 2. The van der Waals surface area contributed by atoms with Crippen LogP contribution in [0.1, 0.15) is 137 Å². The summed E-state index contributed by atoms with van der Waals surface area (Å²) in [5, 5.41) is 35.3. The van der Waals surface area contributed by atoms with E-state index < -0.39 is 52.1 Å². The van der Waals surface area contributed by atoms with E-state index in [0.29, 0.717) is 113 Å². The highest BCUT2D eigenvalue weighted by Gasteiger charge is 2.56. The highest BCUT2D eigenvalue weighted by molar-refractivity contribution is 6.31. The van der Waals surface area contributed by atoms with Gasteiger partial charge in [0, 0.05) is 78.0 Å². The minimum atomic E-state index is -1.58. The lowest BCUT2D eigenvalue weighted by atomic mass is 9.73. The number of piperidine rings is 2. The summed E-state index contributed by atoms with van der Waals surface area (Å²) in [6, 6.07) is 33.8. The van der Waals surface area contributed by atoms with Crippen LogP contribution in [0.25, 0.3) is 0 Å². The lowest BCUT2D eigenvalue weighted by Crippen LogP contribution is -2.46. The number of carbonyl (C=O) groups excluding carboxylic acids is 3. The van der Waals surface area contributed by atoms with Crippen LogP contribution in [-0.2, 0) is 54.8 Å². The fourth-order valence-electron chi connectivity index (χ4n) is 13.4. The van der Waals surface area contributed by atoms with Gasteiger partial charge in [-0.3, -0.25) is 29.0 Å². The molecule has 456 valence electrons. The van der Waals surface area contributed by atoms with Gasteiger partial charge in [0.05, 0.1) is 39.9 Å². The first-order valence-corrected chi connectivity index (χ1v) is 30.6. The van der Waals surface area contributed by atoms with Crippen LogP contribution < -0.4 is 0 Å². The molecular formula is C67H72Cl4F2N4O9. The van der Waals surface area contributed by atoms with E-state index in [1.54, 1.807) is 104 Å². The zero-order chi connectivity index (χ0) is 61.9. The first kappa shape index (κ1) is 64.6. The minimum Gasteiger partial charge on any atom is -0.481 e. The fourth-order valence-corrected chi connectivity index (χ4v) is 13.9. The summed E-state index contributed by atoms with van der Waals surface area (Å²) in [6.45, 7) is 9.46. The van der Waals surface area contributed by atoms with Gasteiger partial charge in [0.1, 0.15) is 17.4 Å². The van der Waals surface area contributed by atoms with Gasteiger partial charge >= 0.3 is 5.97 Å². The number of benzene rings is 6. The summed E-state index contributed by atoms with van der Waals surface area (Å²) in [7, 11) is 2.90. The minimum absolute atomic E-state index is 0.0578. The van der Waals surface area contributed by atoms with Crippen molar-refractivity contribution in [3.05, 3.63) is 209 Å². The third kappa shape index (κ3) is 12.6. The summed E-state index contributed by atoms with van der Waals surface area (Å²) in [5.41, 5.74) is -1.99. The lowest BCUT2D eigenvalue weighted by molar-refractivity contribution is -0.137. The number of aliphatic hydroxyl groups is 2. The highest BCUT2D eigenvalue weighted by Crippen LogP contribution is 2.52. The number of hydrogen-bond donors (Lipinski definition) is 3. The Labute approximate surface area is 521 Å². The molecule has 86 heavy (non-hydrogen) atoms. The number of rotatable bonds is 20. The van der Waals surface area contributed by atoms with Gasteiger partial charge in [-0.15, -0.1) is 0 Å². The molecule has 4 aliphatic rings. The number of hydrogen-bond acceptors (Lipinski definition) is 10. The Hall–Kier alpha value is -5.82. The third-order valence-corrected chi connectivity index (χ3v) is 19.2. The van der Waals surface area contributed by atoms with Gasteiger partial charge in [0.2, 0.25) is 0 Å². The molecule has 4 atom stereocenters. The number of halogens is 6. The van der Waals surface area contributed by atoms with Crippen LogP contribution in [0.3, 0.4) is 0 Å². The first-order valence-electron chi connectivity index (χ1n) is 29.1. The van der Waals surface area contributed by atoms with Gasteiger partial charge in [0.25, 0.3) is 11.8 Å². The Bertz CT molecular complexity index is 3210. The number of likely N-dealkylation sites (tertiary alicyclic amines) is 2. The van der Waals surface area contributed by atoms with E-state index in [1.165, 1.54) is 36.2 Å². The summed E-state index contributed by atoms with van der Waals surface area (Å²) in [6.07, 6.45) is 3.87. The smallest absolute Gasteiger partial charge is 0.304 e. The van der Waals surface area contributed by atoms with Crippen LogP contribution in [0.2, 0.25) is 20.1 Å². The van der Waals surface area contributed by atoms with Crippen LogP contribution in [0.5, 0.6) is 0 Å². The molecule has 2 fully saturated rings. The Balaban J connectivity index is 0.000000205. The van der Waals surface area contributed by atoms with Crippen molar-refractivity contribution in [3.8, 4) is 0 Å². The molecule has 3 N–H and O–H groups in total. The molecule has 0 aromatic heterocycles. The van der Waals surface area contributed by atoms with Gasteiger partial charge in [0.15, 0.2) is 11.4 Å². The molecule has 2 saturated heterocycles. The number of aliphatic carboxylic acids is 1. The van der Waals surface area contributed by atoms with E-state index in [1.807, 2.05) is 26.0 Å². The number of amides is 2. The Kier molecular flexibility index (Phi) is 20.2. The largest absolute Gasteiger partial charge is 0.481 e. The summed E-state index contributed by atoms with van der Waals surface area (Å²) < 4.78 is 45.3. The van der Waals surface area contributed by atoms with Crippen LogP contribution in [-0.4, -0.2) is 112 Å². The molecule has 10 rings (SSSR count). The molecule has 0 aliphatic carbocycles. The fraction of sp³-hybridized carbons (Fsp3) is 0.403. The van der Waals surface area contributed by atoms with Crippen LogP contribution >= 0.6 is 46.4 Å². The summed E-state index contributed by atoms with van der Waals surface area (Å²) >= 11 is 24.6. The van der Waals surface area contributed by atoms with Gasteiger partial charge in [-0.25, -0.2) is 8.78 Å². The van der Waals surface area contributed by atoms with Crippen LogP contribution in [0.4, 0.5) is 8.78 Å². The Morgan fingerprint density at radius 1 is 0.558 bits per heavy atom. The number of Topliss-reactive ketones (excluding diaryl/α,β-unsaturated/α-hetero) is 1. The molecule has 13 nitrogen and oxygen atoms in total. The van der Waals surface area contributed by atoms with Crippen molar-refractivity contribution in [2.45, 2.75) is 108 Å². The van der Waals surface area contributed by atoms with E-state index >= 15 is 8.78 Å². The van der Waals surface area contributed by atoms with E-state index in [0.717, 1.165) is 24.2 Å². The van der Waals surface area contributed by atoms with Crippen molar-refractivity contribution in [2.75, 3.05) is 53.5 Å². The van der Waals surface area contributed by atoms with Crippen LogP contribution in [0.15, 0.2) is 121 Å². The third-order valence-electron chi connectivity index (χ3n) is 18.2. The molecule has 0 spiro atoms. The summed E-state index contributed by atoms with van der Waals surface area (Å²) in [4.78, 5) is 58.3. The number of fused-ring (bicyclic) bond motifs is 2. The molecule has 6 aromatic rings. The van der Waals surface area contributed by atoms with Gasteiger partial charge in [-0.1, -0.05) is 109 Å². The zero-order valence-corrected chi connectivity index (χ0v) is 51.9. The second-order valence-corrected chi connectivity index (χ2v) is 24.6. The van der Waals surface area contributed by atoms with Crippen molar-refractivity contribution in [2.24, 2.45) is 11.8 Å². The number of carboxylic acids is 1. The maximum Gasteiger partial charge on any atom is 0.304 e. The van der Waals surface area contributed by atoms with E-state index in [-0.39, 0.29) is 59.4 Å². The Morgan fingerprint density at radius 3 is 1.19 bits per heavy atom. The normalized spacial score (nSPS) is 20.7. The van der Waals surface area contributed by atoms with Crippen molar-refractivity contribution in [1.29, 1.82) is 0 Å². The molecule has 4 heterocycles. The SMILES string of the molecule is CC[C@@](O)(c1cc(F)c2c(c1)C(=O)N(Cc1ccc(Cl)cc1)[C@@]2(OC)c1ccc(Cl)cc1)C1CCN(CCC(=O)O)CC1.CC[C@@](O)(c1cc(F)c2c(c1)C(=O)N(Cc1ccc(Cl)cc1)[C@@]2(OC)c1ccc(Cl)cc1)C1CCN(CCC(C)=O)CC1. The molecular weight excluding hydrogens is 1180 g/mol. The maximum atomic E-state index is 16.6. The zero-order valence-electron chi connectivity index (χ0n) is 48.9. The first-order chi connectivity index (χ1) is 41.1. The van der Waals surface area contributed by atoms with Gasteiger partial charge in [-0.2, -0.15) is 0 Å². The number of methoxy groups -OCH3 is 2. The molecule has 0 unspecified atom stereocenters. The highest BCUT2D eigenvalue weighted by atomic mass is 35.5. The van der Waals surface area contributed by atoms with Crippen molar-refractivity contribution in [3.63, 3.8) is 0 Å². The predicted molar refractivity (Wildman–Crippen MR) is 328 cm³/mol. The molecule has 6 aromatic carbocycles. The molecule has 0 radical (unpaired) electrons. The molecule has 19 heteroatoms. The average Bonchev–Trinajstić information content (AvgIpc) is 1.58. The molecule has 0 saturated carbocycles. The van der Waals surface area contributed by atoms with Crippen molar-refractivity contribution >= 4 is 70.0 Å². The number of nitrogens with zero attached hydrogens (tertiary/aromatic N) is 4. The number of ketones is 1. The van der Waals surface area contributed by atoms with Crippen LogP contribution in [0, 0.1) is 23.5 Å². The number of carboxylic acid groups (broad SMARTS) is 1. The molecule has 0 bridgehead atoms. The quantitative estimate of drug-likeness (QED) is 0.0667. The van der Waals surface area contributed by atoms with Crippen molar-refractivity contribution in [1.82, 2.24) is 19.6 Å². The average molecular weight is 1260 g/mol. The predicted octanol–water partition coefficient (Wildman–Crippen LogP) is 13.3. The lowest BCUT2D eigenvalue weighted by Gasteiger charge is -2.42. The van der Waals surface area contributed by atoms with Gasteiger partial charge in [-0.05, 0) is 179 Å². The van der Waals surface area contributed by atoms with E-state index in [2.05, 4.69) is 9.80 Å². The molecule has 4 aliphatic heterocycles. The topological polar surface area (TPSA) is 160 Å². The standard InChI is InChI=1S/C34H37Cl2FN2O4.C33H35Cl2FN2O5/c1-4-33(42,24-14-17-38(18-15-24)16-13-22(2)40)26-19-29-31(30(37)20-26)34(43-3,25-7-11-28(36)12-8-25)39(32(29)41)21-23-5-9-27(35)10-6-23;1-3-32(42,22-12-15-37(16-13-22)17-14-29(39)40)24-18-27-30(28(36)19-24)33(43-2,23-6-10-26(35)11-7-23)38(31(27)41)20-21-4-8-25(34)9-5-21/h5-12,19-20,24,42H,4,13-18,21H2,1-3H3;4-11,18-19,22,42H,3,12-17,20H2,1-2H3,(H,39,40)/t33-,34+;32-,33+/m00/s1. The van der Waals surface area contributed by atoms with Gasteiger partial charge < -0.3 is 34.6 Å². The monoisotopic (exact) mass is 1250 g/mol. The maximum absolute atomic E-state index is 16.6. The summed E-state index contributed by atoms with van der Waals surface area (Å²) in [5.74, 6) is -3.12. The van der Waals surface area contributed by atoms with Crippen molar-refractivity contribution < 1.29 is 52.8 Å². The molecule has 2 amide bonds. The number of carbonyl (C=O) groups is 4.